The number of alkyl halides is 3. The van der Waals surface area contributed by atoms with E-state index in [1.807, 2.05) is 14.1 Å². The Balaban J connectivity index is 1.77. The zero-order valence-electron chi connectivity index (χ0n) is 18.6. The highest BCUT2D eigenvalue weighted by Crippen LogP contribution is 2.24. The van der Waals surface area contributed by atoms with E-state index < -0.39 is 6.36 Å². The van der Waals surface area contributed by atoms with E-state index in [1.54, 1.807) is 4.90 Å². The number of nitrogens with zero attached hydrogens (tertiary/aromatic N) is 2. The maximum absolute atomic E-state index is 12.5. The molecule has 174 valence electrons. The number of piperidine rings is 1. The van der Waals surface area contributed by atoms with Gasteiger partial charge < -0.3 is 19.9 Å². The Hall–Kier alpha value is -2.29. The van der Waals surface area contributed by atoms with E-state index in [1.165, 1.54) is 24.3 Å². The molecule has 0 radical (unpaired) electrons. The lowest BCUT2D eigenvalue weighted by atomic mass is 9.91. The first-order valence-corrected chi connectivity index (χ1v) is 10.4. The first-order chi connectivity index (χ1) is 14.3. The molecule has 1 saturated heterocycles. The van der Waals surface area contributed by atoms with Crippen molar-refractivity contribution in [1.29, 1.82) is 0 Å². The van der Waals surface area contributed by atoms with Crippen molar-refractivity contribution in [3.8, 4) is 5.75 Å². The van der Waals surface area contributed by atoms with Gasteiger partial charge in [-0.2, -0.15) is 0 Å². The molecule has 2 rings (SSSR count). The molecule has 31 heavy (non-hydrogen) atoms. The number of carbonyl (C=O) groups is 2. The van der Waals surface area contributed by atoms with Gasteiger partial charge in [-0.1, -0.05) is 26.0 Å². The van der Waals surface area contributed by atoms with Crippen molar-refractivity contribution >= 4 is 11.8 Å². The Morgan fingerprint density at radius 2 is 1.71 bits per heavy atom. The highest BCUT2D eigenvalue weighted by atomic mass is 19.4. The summed E-state index contributed by atoms with van der Waals surface area (Å²) in [7, 11) is 4.00. The van der Waals surface area contributed by atoms with Gasteiger partial charge in [0.1, 0.15) is 5.75 Å². The van der Waals surface area contributed by atoms with Crippen molar-refractivity contribution in [2.75, 3.05) is 40.3 Å². The van der Waals surface area contributed by atoms with Crippen molar-refractivity contribution in [2.45, 2.75) is 39.5 Å². The fourth-order valence-corrected chi connectivity index (χ4v) is 3.87. The standard InChI is InChI=1S/C22H32F3N3O3/c1-21(2,15-27(3)4)14-26-20(30)17-9-11-28(12-10-17)19(29)13-16-5-7-18(8-6-16)31-22(23,24)25/h5-8,17H,9-15H2,1-4H3,(H,26,30). The molecule has 0 aliphatic carbocycles. The molecule has 1 fully saturated rings. The van der Waals surface area contributed by atoms with E-state index in [0.717, 1.165) is 6.54 Å². The lowest BCUT2D eigenvalue weighted by Gasteiger charge is -2.33. The molecule has 1 aromatic rings. The highest BCUT2D eigenvalue weighted by molar-refractivity contribution is 5.81. The minimum Gasteiger partial charge on any atom is -0.406 e. The van der Waals surface area contributed by atoms with Gasteiger partial charge in [-0.05, 0) is 50.0 Å². The Kier molecular flexibility index (Phi) is 8.34. The summed E-state index contributed by atoms with van der Waals surface area (Å²) in [4.78, 5) is 28.8. The molecule has 1 aliphatic heterocycles. The summed E-state index contributed by atoms with van der Waals surface area (Å²) in [6, 6.07) is 5.30. The van der Waals surface area contributed by atoms with Crippen LogP contribution in [0.1, 0.15) is 32.3 Å². The van der Waals surface area contributed by atoms with E-state index in [2.05, 4.69) is 28.8 Å². The molecular formula is C22H32F3N3O3. The van der Waals surface area contributed by atoms with Crippen molar-refractivity contribution in [1.82, 2.24) is 15.1 Å². The average molecular weight is 444 g/mol. The van der Waals surface area contributed by atoms with Crippen LogP contribution in [0.3, 0.4) is 0 Å². The molecule has 0 bridgehead atoms. The number of hydrogen-bond donors (Lipinski definition) is 1. The van der Waals surface area contributed by atoms with Crippen LogP contribution in [-0.2, 0) is 16.0 Å². The number of likely N-dealkylation sites (tertiary alicyclic amines) is 1. The smallest absolute Gasteiger partial charge is 0.406 e. The van der Waals surface area contributed by atoms with E-state index in [9.17, 15) is 22.8 Å². The monoisotopic (exact) mass is 443 g/mol. The van der Waals surface area contributed by atoms with Gasteiger partial charge in [0.05, 0.1) is 6.42 Å². The molecule has 0 atom stereocenters. The predicted molar refractivity (Wildman–Crippen MR) is 111 cm³/mol. The lowest BCUT2D eigenvalue weighted by molar-refractivity contribution is -0.274. The number of halogens is 3. The van der Waals surface area contributed by atoms with Crippen LogP contribution < -0.4 is 10.1 Å². The average Bonchev–Trinajstić information content (AvgIpc) is 2.65. The second-order valence-electron chi connectivity index (χ2n) is 9.14. The summed E-state index contributed by atoms with van der Waals surface area (Å²) in [6.07, 6.45) is -3.44. The molecule has 1 heterocycles. The quantitative estimate of drug-likeness (QED) is 0.671. The summed E-state index contributed by atoms with van der Waals surface area (Å²) in [5.41, 5.74) is 0.582. The van der Waals surface area contributed by atoms with Crippen LogP contribution in [0.5, 0.6) is 5.75 Å². The van der Waals surface area contributed by atoms with E-state index >= 15 is 0 Å². The van der Waals surface area contributed by atoms with Gasteiger partial charge in [0.15, 0.2) is 0 Å². The van der Waals surface area contributed by atoms with Crippen molar-refractivity contribution in [2.24, 2.45) is 11.3 Å². The molecule has 9 heteroatoms. The molecule has 1 N–H and O–H groups in total. The van der Waals surface area contributed by atoms with Gasteiger partial charge in [-0.25, -0.2) is 0 Å². The highest BCUT2D eigenvalue weighted by Gasteiger charge is 2.31. The molecule has 6 nitrogen and oxygen atoms in total. The molecule has 0 aromatic heterocycles. The molecule has 0 saturated carbocycles. The maximum Gasteiger partial charge on any atom is 0.573 e. The van der Waals surface area contributed by atoms with Gasteiger partial charge in [0, 0.05) is 32.1 Å². The van der Waals surface area contributed by atoms with Crippen LogP contribution in [0.2, 0.25) is 0 Å². The van der Waals surface area contributed by atoms with Crippen molar-refractivity contribution in [3.63, 3.8) is 0 Å². The second-order valence-corrected chi connectivity index (χ2v) is 9.14. The number of nitrogens with one attached hydrogen (secondary N) is 1. The van der Waals surface area contributed by atoms with Gasteiger partial charge in [-0.15, -0.1) is 13.2 Å². The van der Waals surface area contributed by atoms with Crippen LogP contribution in [0, 0.1) is 11.3 Å². The fourth-order valence-electron chi connectivity index (χ4n) is 3.87. The third kappa shape index (κ3) is 8.77. The number of hydrogen-bond acceptors (Lipinski definition) is 4. The normalized spacial score (nSPS) is 15.8. The van der Waals surface area contributed by atoms with Gasteiger partial charge in [-0.3, -0.25) is 9.59 Å². The topological polar surface area (TPSA) is 61.9 Å². The number of rotatable bonds is 8. The number of benzene rings is 1. The van der Waals surface area contributed by atoms with Crippen LogP contribution in [-0.4, -0.2) is 68.3 Å². The van der Waals surface area contributed by atoms with E-state index in [-0.39, 0.29) is 35.3 Å². The van der Waals surface area contributed by atoms with Crippen molar-refractivity contribution < 1.29 is 27.5 Å². The summed E-state index contributed by atoms with van der Waals surface area (Å²) < 4.78 is 40.5. The largest absolute Gasteiger partial charge is 0.573 e. The number of carbonyl (C=O) groups excluding carboxylic acids is 2. The molecule has 0 spiro atoms. The third-order valence-electron chi connectivity index (χ3n) is 5.22. The summed E-state index contributed by atoms with van der Waals surface area (Å²) in [5, 5.41) is 3.04. The summed E-state index contributed by atoms with van der Waals surface area (Å²) in [5.74, 6) is -0.503. The molecule has 1 aromatic carbocycles. The Morgan fingerprint density at radius 3 is 2.23 bits per heavy atom. The number of ether oxygens (including phenoxy) is 1. The Labute approximate surface area is 181 Å². The number of amides is 2. The minimum atomic E-state index is -4.74. The predicted octanol–water partition coefficient (Wildman–Crippen LogP) is 3.07. The van der Waals surface area contributed by atoms with Crippen molar-refractivity contribution in [3.05, 3.63) is 29.8 Å². The molecule has 0 unspecified atom stereocenters. The second kappa shape index (κ2) is 10.3. The first-order valence-electron chi connectivity index (χ1n) is 10.4. The Bertz CT molecular complexity index is 741. The zero-order chi connectivity index (χ0) is 23.2. The minimum absolute atomic E-state index is 0.0270. The van der Waals surface area contributed by atoms with Crippen LogP contribution >= 0.6 is 0 Å². The van der Waals surface area contributed by atoms with Crippen LogP contribution in [0.15, 0.2) is 24.3 Å². The molecular weight excluding hydrogens is 411 g/mol. The lowest BCUT2D eigenvalue weighted by Crippen LogP contribution is -2.46. The van der Waals surface area contributed by atoms with E-state index in [0.29, 0.717) is 38.0 Å². The summed E-state index contributed by atoms with van der Waals surface area (Å²) in [6.45, 7) is 6.66. The van der Waals surface area contributed by atoms with Gasteiger partial charge in [0.25, 0.3) is 0 Å². The van der Waals surface area contributed by atoms with Gasteiger partial charge >= 0.3 is 6.36 Å². The maximum atomic E-state index is 12.5. The first kappa shape index (κ1) is 25.0. The Morgan fingerprint density at radius 1 is 1.13 bits per heavy atom. The third-order valence-corrected chi connectivity index (χ3v) is 5.22. The SMILES string of the molecule is CN(C)CC(C)(C)CNC(=O)C1CCN(C(=O)Cc2ccc(OC(F)(F)F)cc2)CC1. The van der Waals surface area contributed by atoms with Crippen LogP contribution in [0.4, 0.5) is 13.2 Å². The molecule has 1 aliphatic rings. The molecule has 2 amide bonds. The van der Waals surface area contributed by atoms with Gasteiger partial charge in [0.2, 0.25) is 11.8 Å². The van der Waals surface area contributed by atoms with Crippen LogP contribution in [0.25, 0.3) is 0 Å². The zero-order valence-corrected chi connectivity index (χ0v) is 18.6. The summed E-state index contributed by atoms with van der Waals surface area (Å²) >= 11 is 0. The fraction of sp³-hybridized carbons (Fsp3) is 0.636. The van der Waals surface area contributed by atoms with E-state index in [4.69, 9.17) is 0 Å².